The van der Waals surface area contributed by atoms with E-state index in [1.165, 1.54) is 13.2 Å². The number of hydrogen-bond donors (Lipinski definition) is 1. The Kier molecular flexibility index (Phi) is 4.98. The van der Waals surface area contributed by atoms with Gasteiger partial charge in [-0.3, -0.25) is 0 Å². The van der Waals surface area contributed by atoms with Gasteiger partial charge >= 0.3 is 0 Å². The van der Waals surface area contributed by atoms with Crippen molar-refractivity contribution in [1.82, 2.24) is 4.90 Å². The van der Waals surface area contributed by atoms with Crippen LogP contribution in [0, 0.1) is 0 Å². The lowest BCUT2D eigenvalue weighted by Crippen LogP contribution is -2.12. The highest BCUT2D eigenvalue weighted by molar-refractivity contribution is 7.85. The number of benzene rings is 2. The molecule has 1 atom stereocenters. The molecule has 0 aliphatic rings. The maximum Gasteiger partial charge on any atom is 0.161 e. The molecule has 0 amide bonds. The van der Waals surface area contributed by atoms with E-state index in [4.69, 9.17) is 4.74 Å². The lowest BCUT2D eigenvalue weighted by atomic mass is 10.2. The van der Waals surface area contributed by atoms with Crippen molar-refractivity contribution in [2.75, 3.05) is 21.2 Å². The highest BCUT2D eigenvalue weighted by Gasteiger charge is 2.14. The van der Waals surface area contributed by atoms with E-state index in [0.29, 0.717) is 10.6 Å². The second kappa shape index (κ2) is 6.74. The fraction of sp³-hybridized carbons (Fsp3) is 0.250. The Morgan fingerprint density at radius 3 is 2.57 bits per heavy atom. The summed E-state index contributed by atoms with van der Waals surface area (Å²) in [5, 5.41) is 9.63. The molecule has 0 saturated heterocycles. The van der Waals surface area contributed by atoms with E-state index in [0.717, 1.165) is 17.0 Å². The molecule has 112 valence electrons. The minimum atomic E-state index is -1.31. The van der Waals surface area contributed by atoms with Crippen molar-refractivity contribution in [1.29, 1.82) is 0 Å². The molecule has 2 rings (SSSR count). The molecule has 0 fully saturated rings. The van der Waals surface area contributed by atoms with Crippen molar-refractivity contribution in [3.8, 4) is 11.5 Å². The number of rotatable bonds is 5. The topological polar surface area (TPSA) is 49.8 Å². The van der Waals surface area contributed by atoms with E-state index in [1.807, 2.05) is 43.3 Å². The lowest BCUT2D eigenvalue weighted by molar-refractivity contribution is 0.372. The van der Waals surface area contributed by atoms with Crippen molar-refractivity contribution in [3.05, 3.63) is 48.0 Å². The van der Waals surface area contributed by atoms with Gasteiger partial charge in [-0.2, -0.15) is 0 Å². The molecule has 0 aliphatic carbocycles. The zero-order valence-electron chi connectivity index (χ0n) is 12.4. The van der Waals surface area contributed by atoms with Crippen LogP contribution in [0.1, 0.15) is 5.56 Å². The summed E-state index contributed by atoms with van der Waals surface area (Å²) < 4.78 is 17.9. The van der Waals surface area contributed by atoms with Gasteiger partial charge in [-0.15, -0.1) is 0 Å². The van der Waals surface area contributed by atoms with Crippen LogP contribution in [0.15, 0.2) is 52.3 Å². The third kappa shape index (κ3) is 3.62. The first-order valence-electron chi connectivity index (χ1n) is 6.54. The van der Waals surface area contributed by atoms with E-state index >= 15 is 0 Å². The molecule has 1 unspecified atom stereocenters. The molecule has 0 spiro atoms. The SMILES string of the molecule is COc1cc(S(=O)c2ccccc2CN(C)C)ccc1O. The van der Waals surface area contributed by atoms with Crippen LogP contribution in [-0.4, -0.2) is 35.4 Å². The standard InChI is InChI=1S/C16H19NO3S/c1-17(2)11-12-6-4-5-7-16(12)21(19)13-8-9-14(18)15(10-13)20-3/h4-10,18H,11H2,1-3H3. The summed E-state index contributed by atoms with van der Waals surface area (Å²) >= 11 is 0. The van der Waals surface area contributed by atoms with Gasteiger partial charge in [-0.05, 0) is 37.9 Å². The van der Waals surface area contributed by atoms with Crippen molar-refractivity contribution < 1.29 is 14.1 Å². The van der Waals surface area contributed by atoms with E-state index in [9.17, 15) is 9.32 Å². The van der Waals surface area contributed by atoms with E-state index in [-0.39, 0.29) is 5.75 Å². The largest absolute Gasteiger partial charge is 0.504 e. The van der Waals surface area contributed by atoms with Crippen LogP contribution < -0.4 is 4.74 Å². The fourth-order valence-corrected chi connectivity index (χ4v) is 3.29. The van der Waals surface area contributed by atoms with Gasteiger partial charge in [0.15, 0.2) is 11.5 Å². The summed E-state index contributed by atoms with van der Waals surface area (Å²) in [6.45, 7) is 0.719. The summed E-state index contributed by atoms with van der Waals surface area (Å²) in [5.41, 5.74) is 1.02. The lowest BCUT2D eigenvalue weighted by Gasteiger charge is -2.14. The smallest absolute Gasteiger partial charge is 0.161 e. The molecule has 0 aliphatic heterocycles. The molecular weight excluding hydrogens is 286 g/mol. The first-order valence-corrected chi connectivity index (χ1v) is 7.69. The van der Waals surface area contributed by atoms with Gasteiger partial charge < -0.3 is 14.7 Å². The highest BCUT2D eigenvalue weighted by Crippen LogP contribution is 2.30. The number of phenols is 1. The highest BCUT2D eigenvalue weighted by atomic mass is 32.2. The van der Waals surface area contributed by atoms with Crippen molar-refractivity contribution in [2.45, 2.75) is 16.3 Å². The zero-order chi connectivity index (χ0) is 15.4. The van der Waals surface area contributed by atoms with Crippen LogP contribution in [0.3, 0.4) is 0 Å². The summed E-state index contributed by atoms with van der Waals surface area (Å²) in [6, 6.07) is 12.4. The Labute approximate surface area is 127 Å². The average molecular weight is 305 g/mol. The van der Waals surface area contributed by atoms with Gasteiger partial charge in [0.05, 0.1) is 17.9 Å². The Morgan fingerprint density at radius 1 is 1.19 bits per heavy atom. The molecule has 0 saturated carbocycles. The van der Waals surface area contributed by atoms with Crippen molar-refractivity contribution in [3.63, 3.8) is 0 Å². The van der Waals surface area contributed by atoms with Gasteiger partial charge in [-0.25, -0.2) is 4.21 Å². The summed E-state index contributed by atoms with van der Waals surface area (Å²) in [4.78, 5) is 3.42. The molecule has 2 aromatic carbocycles. The van der Waals surface area contributed by atoms with Gasteiger partial charge in [0.25, 0.3) is 0 Å². The number of aromatic hydroxyl groups is 1. The Balaban J connectivity index is 2.40. The van der Waals surface area contributed by atoms with Crippen LogP contribution in [0.2, 0.25) is 0 Å². The summed E-state index contributed by atoms with van der Waals surface area (Å²) in [6.07, 6.45) is 0. The van der Waals surface area contributed by atoms with Crippen LogP contribution >= 0.6 is 0 Å². The first kappa shape index (κ1) is 15.5. The molecule has 1 N–H and O–H groups in total. The van der Waals surface area contributed by atoms with Gasteiger partial charge in [0, 0.05) is 22.4 Å². The molecular formula is C16H19NO3S. The second-order valence-electron chi connectivity index (χ2n) is 4.95. The molecule has 2 aromatic rings. The normalized spacial score (nSPS) is 12.4. The Bertz CT molecular complexity index is 656. The van der Waals surface area contributed by atoms with Crippen LogP contribution in [0.4, 0.5) is 0 Å². The second-order valence-corrected chi connectivity index (χ2v) is 6.40. The molecule has 0 aromatic heterocycles. The number of nitrogens with zero attached hydrogens (tertiary/aromatic N) is 1. The minimum absolute atomic E-state index is 0.0415. The average Bonchev–Trinajstić information content (AvgIpc) is 2.47. The van der Waals surface area contributed by atoms with Crippen molar-refractivity contribution in [2.24, 2.45) is 0 Å². The number of phenolic OH excluding ortho intramolecular Hbond substituents is 1. The van der Waals surface area contributed by atoms with E-state index in [1.54, 1.807) is 12.1 Å². The summed E-state index contributed by atoms with van der Waals surface area (Å²) in [5.74, 6) is 0.366. The maximum absolute atomic E-state index is 12.8. The molecule has 0 heterocycles. The summed E-state index contributed by atoms with van der Waals surface area (Å²) in [7, 11) is 4.11. The molecule has 0 bridgehead atoms. The van der Waals surface area contributed by atoms with Gasteiger partial charge in [0.1, 0.15) is 0 Å². The minimum Gasteiger partial charge on any atom is -0.504 e. The third-order valence-corrected chi connectivity index (χ3v) is 4.50. The van der Waals surface area contributed by atoms with Crippen LogP contribution in [0.5, 0.6) is 11.5 Å². The first-order chi connectivity index (χ1) is 10.0. The fourth-order valence-electron chi connectivity index (χ4n) is 2.06. The van der Waals surface area contributed by atoms with E-state index < -0.39 is 10.8 Å². The van der Waals surface area contributed by atoms with E-state index in [2.05, 4.69) is 0 Å². The molecule has 21 heavy (non-hydrogen) atoms. The van der Waals surface area contributed by atoms with Gasteiger partial charge in [0.2, 0.25) is 0 Å². The zero-order valence-corrected chi connectivity index (χ0v) is 13.2. The van der Waals surface area contributed by atoms with Crippen LogP contribution in [-0.2, 0) is 17.3 Å². The molecule has 5 heteroatoms. The van der Waals surface area contributed by atoms with Crippen LogP contribution in [0.25, 0.3) is 0 Å². The molecule has 0 radical (unpaired) electrons. The maximum atomic E-state index is 12.8. The quantitative estimate of drug-likeness (QED) is 0.922. The molecule has 4 nitrogen and oxygen atoms in total. The van der Waals surface area contributed by atoms with Gasteiger partial charge in [-0.1, -0.05) is 18.2 Å². The number of hydrogen-bond acceptors (Lipinski definition) is 4. The monoisotopic (exact) mass is 305 g/mol. The predicted molar refractivity (Wildman–Crippen MR) is 83.2 cm³/mol. The van der Waals surface area contributed by atoms with Crippen molar-refractivity contribution >= 4 is 10.8 Å². The number of methoxy groups -OCH3 is 1. The Hall–Kier alpha value is -1.85. The number of ether oxygens (including phenoxy) is 1. The predicted octanol–water partition coefficient (Wildman–Crippen LogP) is 2.63. The Morgan fingerprint density at radius 2 is 1.90 bits per heavy atom. The third-order valence-electron chi connectivity index (χ3n) is 3.02.